The van der Waals surface area contributed by atoms with Crippen molar-refractivity contribution in [3.05, 3.63) is 27.7 Å². The Labute approximate surface area is 136 Å². The molecule has 5 nitrogen and oxygen atoms in total. The summed E-state index contributed by atoms with van der Waals surface area (Å²) in [4.78, 5) is 24.5. The van der Waals surface area contributed by atoms with Crippen LogP contribution < -0.4 is 5.32 Å². The van der Waals surface area contributed by atoms with E-state index in [-0.39, 0.29) is 18.4 Å². The minimum absolute atomic E-state index is 0.161. The van der Waals surface area contributed by atoms with E-state index >= 15 is 0 Å². The smallest absolute Gasteiger partial charge is 0.321 e. The largest absolute Gasteiger partial charge is 0.481 e. The first-order chi connectivity index (χ1) is 9.95. The van der Waals surface area contributed by atoms with E-state index in [4.69, 9.17) is 16.7 Å². The molecule has 7 heteroatoms. The highest BCUT2D eigenvalue weighted by molar-refractivity contribution is 9.10. The summed E-state index contributed by atoms with van der Waals surface area (Å²) in [6.45, 7) is 1.15. The number of anilines is 1. The maximum atomic E-state index is 12.1. The van der Waals surface area contributed by atoms with Gasteiger partial charge in [0.25, 0.3) is 0 Å². The summed E-state index contributed by atoms with van der Waals surface area (Å²) < 4.78 is 0.775. The topological polar surface area (TPSA) is 69.6 Å². The Hall–Kier alpha value is -1.27. The average Bonchev–Trinajstić information content (AvgIpc) is 2.43. The van der Waals surface area contributed by atoms with Crippen molar-refractivity contribution in [1.29, 1.82) is 0 Å². The van der Waals surface area contributed by atoms with Gasteiger partial charge in [0.2, 0.25) is 0 Å². The average molecular weight is 376 g/mol. The summed E-state index contributed by atoms with van der Waals surface area (Å²) in [6, 6.07) is 5.05. The van der Waals surface area contributed by atoms with Crippen LogP contribution in [0.25, 0.3) is 0 Å². The van der Waals surface area contributed by atoms with Crippen molar-refractivity contribution in [3.63, 3.8) is 0 Å². The number of carboxylic acids is 1. The maximum absolute atomic E-state index is 12.1. The molecule has 21 heavy (non-hydrogen) atoms. The second kappa shape index (κ2) is 7.13. The highest BCUT2D eigenvalue weighted by atomic mass is 79.9. The van der Waals surface area contributed by atoms with Crippen molar-refractivity contribution in [3.8, 4) is 0 Å². The number of likely N-dealkylation sites (tertiary alicyclic amines) is 1. The quantitative estimate of drug-likeness (QED) is 0.844. The Balaban J connectivity index is 1.87. The van der Waals surface area contributed by atoms with Crippen LogP contribution in [0.2, 0.25) is 5.02 Å². The number of carbonyl (C=O) groups excluding carboxylic acids is 1. The predicted octanol–water partition coefficient (Wildman–Crippen LogP) is 3.82. The van der Waals surface area contributed by atoms with Crippen LogP contribution in [0.15, 0.2) is 22.7 Å². The summed E-state index contributed by atoms with van der Waals surface area (Å²) >= 11 is 9.28. The fourth-order valence-electron chi connectivity index (χ4n) is 2.36. The van der Waals surface area contributed by atoms with Gasteiger partial charge in [-0.25, -0.2) is 4.79 Å². The molecule has 0 saturated carbocycles. The number of benzene rings is 1. The third-order valence-corrected chi connectivity index (χ3v) is 4.77. The molecular weight excluding hydrogens is 360 g/mol. The highest BCUT2D eigenvalue weighted by Crippen LogP contribution is 2.26. The van der Waals surface area contributed by atoms with Crippen LogP contribution in [0.5, 0.6) is 0 Å². The van der Waals surface area contributed by atoms with Crippen LogP contribution in [0, 0.1) is 5.92 Å². The first kappa shape index (κ1) is 16.1. The van der Waals surface area contributed by atoms with Gasteiger partial charge >= 0.3 is 12.0 Å². The van der Waals surface area contributed by atoms with E-state index in [1.165, 1.54) is 0 Å². The Bertz CT molecular complexity index is 545. The second-order valence-electron chi connectivity index (χ2n) is 5.09. The third kappa shape index (κ3) is 4.61. The van der Waals surface area contributed by atoms with Crippen molar-refractivity contribution < 1.29 is 14.7 Å². The van der Waals surface area contributed by atoms with E-state index in [2.05, 4.69) is 21.2 Å². The van der Waals surface area contributed by atoms with Crippen LogP contribution >= 0.6 is 27.5 Å². The van der Waals surface area contributed by atoms with Gasteiger partial charge in [0, 0.05) is 29.7 Å². The van der Waals surface area contributed by atoms with Gasteiger partial charge in [0.05, 0.1) is 5.02 Å². The van der Waals surface area contributed by atoms with E-state index in [9.17, 15) is 9.59 Å². The predicted molar refractivity (Wildman–Crippen MR) is 84.7 cm³/mol. The normalized spacial score (nSPS) is 15.8. The number of nitrogens with one attached hydrogen (secondary N) is 1. The van der Waals surface area contributed by atoms with Crippen LogP contribution in [0.1, 0.15) is 19.3 Å². The van der Waals surface area contributed by atoms with Gasteiger partial charge in [-0.3, -0.25) is 4.79 Å². The molecule has 1 saturated heterocycles. The lowest BCUT2D eigenvalue weighted by Crippen LogP contribution is -2.41. The molecule has 0 spiro atoms. The van der Waals surface area contributed by atoms with Crippen molar-refractivity contribution in [1.82, 2.24) is 4.90 Å². The second-order valence-corrected chi connectivity index (χ2v) is 6.35. The standard InChI is InChI=1S/C14H16BrClN2O3/c15-11-2-1-10(8-12(11)16)17-14(21)18-5-3-9(4-6-18)7-13(19)20/h1-2,8-9H,3-7H2,(H,17,21)(H,19,20). The number of hydrogen-bond donors (Lipinski definition) is 2. The molecule has 1 aliphatic heterocycles. The molecule has 0 unspecified atom stereocenters. The van der Waals surface area contributed by atoms with Gasteiger partial charge in [-0.1, -0.05) is 11.6 Å². The number of aliphatic carboxylic acids is 1. The molecule has 1 aromatic rings. The van der Waals surface area contributed by atoms with Crippen LogP contribution in [0.4, 0.5) is 10.5 Å². The molecule has 0 aromatic heterocycles. The first-order valence-electron chi connectivity index (χ1n) is 6.68. The number of carboxylic acid groups (broad SMARTS) is 1. The molecule has 0 atom stereocenters. The Morgan fingerprint density at radius 1 is 1.38 bits per heavy atom. The molecule has 1 fully saturated rings. The van der Waals surface area contributed by atoms with Gasteiger partial charge in [-0.2, -0.15) is 0 Å². The van der Waals surface area contributed by atoms with Crippen LogP contribution in [0.3, 0.4) is 0 Å². The van der Waals surface area contributed by atoms with Gasteiger partial charge in [0.15, 0.2) is 0 Å². The fourth-order valence-corrected chi connectivity index (χ4v) is 2.79. The number of nitrogens with zero attached hydrogens (tertiary/aromatic N) is 1. The monoisotopic (exact) mass is 374 g/mol. The summed E-state index contributed by atoms with van der Waals surface area (Å²) in [7, 11) is 0. The fraction of sp³-hybridized carbons (Fsp3) is 0.429. The number of piperidine rings is 1. The molecule has 1 heterocycles. The molecular formula is C14H16BrClN2O3. The molecule has 114 valence electrons. The van der Waals surface area contributed by atoms with E-state index < -0.39 is 5.97 Å². The molecule has 0 radical (unpaired) electrons. The number of urea groups is 1. The first-order valence-corrected chi connectivity index (χ1v) is 7.85. The molecule has 2 amide bonds. The summed E-state index contributed by atoms with van der Waals surface area (Å²) in [6.07, 6.45) is 1.62. The van der Waals surface area contributed by atoms with Crippen molar-refractivity contribution in [2.45, 2.75) is 19.3 Å². The lowest BCUT2D eigenvalue weighted by atomic mass is 9.94. The maximum Gasteiger partial charge on any atom is 0.321 e. The zero-order valence-electron chi connectivity index (χ0n) is 11.3. The highest BCUT2D eigenvalue weighted by Gasteiger charge is 2.24. The number of halogens is 2. The number of hydrogen-bond acceptors (Lipinski definition) is 2. The molecule has 1 aliphatic rings. The lowest BCUT2D eigenvalue weighted by Gasteiger charge is -2.31. The van der Waals surface area contributed by atoms with E-state index in [1.54, 1.807) is 23.1 Å². The van der Waals surface area contributed by atoms with Gasteiger partial charge < -0.3 is 15.3 Å². The van der Waals surface area contributed by atoms with Crippen molar-refractivity contribution in [2.24, 2.45) is 5.92 Å². The van der Waals surface area contributed by atoms with Gasteiger partial charge in [0.1, 0.15) is 0 Å². The minimum Gasteiger partial charge on any atom is -0.481 e. The molecule has 2 rings (SSSR count). The third-order valence-electron chi connectivity index (χ3n) is 3.54. The Morgan fingerprint density at radius 2 is 2.05 bits per heavy atom. The molecule has 2 N–H and O–H groups in total. The van der Waals surface area contributed by atoms with E-state index in [0.717, 1.165) is 17.3 Å². The summed E-state index contributed by atoms with van der Waals surface area (Å²) in [5.74, 6) is -0.615. The summed E-state index contributed by atoms with van der Waals surface area (Å²) in [5, 5.41) is 12.1. The lowest BCUT2D eigenvalue weighted by molar-refractivity contribution is -0.138. The molecule has 0 aliphatic carbocycles. The number of amides is 2. The SMILES string of the molecule is O=C(O)CC1CCN(C(=O)Nc2ccc(Br)c(Cl)c2)CC1. The van der Waals surface area contributed by atoms with Crippen LogP contribution in [-0.2, 0) is 4.79 Å². The molecule has 0 bridgehead atoms. The van der Waals surface area contributed by atoms with Crippen molar-refractivity contribution >= 4 is 45.2 Å². The minimum atomic E-state index is -0.776. The number of carbonyl (C=O) groups is 2. The van der Waals surface area contributed by atoms with E-state index in [1.807, 2.05) is 0 Å². The zero-order chi connectivity index (χ0) is 15.4. The van der Waals surface area contributed by atoms with Gasteiger partial charge in [-0.15, -0.1) is 0 Å². The number of rotatable bonds is 3. The molecule has 1 aromatic carbocycles. The van der Waals surface area contributed by atoms with E-state index in [0.29, 0.717) is 23.8 Å². The summed E-state index contributed by atoms with van der Waals surface area (Å²) in [5.41, 5.74) is 0.640. The Kier molecular flexibility index (Phi) is 5.47. The Morgan fingerprint density at radius 3 is 2.62 bits per heavy atom. The zero-order valence-corrected chi connectivity index (χ0v) is 13.7. The van der Waals surface area contributed by atoms with Crippen molar-refractivity contribution in [2.75, 3.05) is 18.4 Å². The van der Waals surface area contributed by atoms with Gasteiger partial charge in [-0.05, 0) is 52.9 Å². The van der Waals surface area contributed by atoms with Crippen LogP contribution in [-0.4, -0.2) is 35.1 Å².